The van der Waals surface area contributed by atoms with Gasteiger partial charge in [-0.1, -0.05) is 28.1 Å². The highest BCUT2D eigenvalue weighted by Gasteiger charge is 2.20. The number of benzene rings is 2. The second kappa shape index (κ2) is 6.67. The summed E-state index contributed by atoms with van der Waals surface area (Å²) < 4.78 is 14.8. The van der Waals surface area contributed by atoms with Crippen LogP contribution in [0.25, 0.3) is 0 Å². The van der Waals surface area contributed by atoms with Crippen LogP contribution in [-0.4, -0.2) is 36.2 Å². The summed E-state index contributed by atoms with van der Waals surface area (Å²) in [5.74, 6) is 0.153. The molecule has 1 N–H and O–H groups in total. The van der Waals surface area contributed by atoms with Crippen LogP contribution in [0.3, 0.4) is 0 Å². The Morgan fingerprint density at radius 1 is 1.05 bits per heavy atom. The van der Waals surface area contributed by atoms with Crippen molar-refractivity contribution >= 4 is 21.6 Å². The molecule has 2 aromatic carbocycles. The fourth-order valence-electron chi connectivity index (χ4n) is 2.78. The summed E-state index contributed by atoms with van der Waals surface area (Å²) in [6, 6.07) is 12.4. The minimum atomic E-state index is -0.166. The quantitative estimate of drug-likeness (QED) is 0.900. The van der Waals surface area contributed by atoms with Crippen LogP contribution in [0.5, 0.6) is 5.75 Å². The van der Waals surface area contributed by atoms with Gasteiger partial charge in [-0.3, -0.25) is 4.90 Å². The number of hydrogen-bond donors (Lipinski definition) is 1. The number of para-hydroxylation sites is 1. The molecule has 22 heavy (non-hydrogen) atoms. The molecule has 1 heterocycles. The molecule has 3 rings (SSSR count). The van der Waals surface area contributed by atoms with E-state index >= 15 is 0 Å². The van der Waals surface area contributed by atoms with Gasteiger partial charge in [-0.15, -0.1) is 0 Å². The Bertz CT molecular complexity index is 657. The molecule has 0 spiro atoms. The first kappa shape index (κ1) is 15.3. The van der Waals surface area contributed by atoms with Crippen LogP contribution >= 0.6 is 15.9 Å². The number of halogens is 2. The summed E-state index contributed by atoms with van der Waals surface area (Å²) in [6.07, 6.45) is 0. The topological polar surface area (TPSA) is 26.7 Å². The molecule has 0 aliphatic carbocycles. The molecule has 0 saturated carbocycles. The number of phenolic OH excluding ortho intramolecular Hbond substituents is 1. The molecule has 1 saturated heterocycles. The molecule has 1 aliphatic heterocycles. The first-order valence-corrected chi connectivity index (χ1v) is 8.12. The normalized spacial score (nSPS) is 16.0. The van der Waals surface area contributed by atoms with E-state index in [1.54, 1.807) is 12.1 Å². The van der Waals surface area contributed by atoms with E-state index in [0.29, 0.717) is 18.0 Å². The van der Waals surface area contributed by atoms with Crippen LogP contribution in [0.1, 0.15) is 5.56 Å². The van der Waals surface area contributed by atoms with Crippen molar-refractivity contribution in [2.24, 2.45) is 0 Å². The van der Waals surface area contributed by atoms with E-state index in [1.807, 2.05) is 24.3 Å². The minimum absolute atomic E-state index is 0.166. The summed E-state index contributed by atoms with van der Waals surface area (Å²) >= 11 is 3.43. The Labute approximate surface area is 138 Å². The maximum absolute atomic E-state index is 13.8. The number of aromatic hydroxyl groups is 1. The Morgan fingerprint density at radius 2 is 1.77 bits per heavy atom. The van der Waals surface area contributed by atoms with Crippen LogP contribution in [0, 0.1) is 5.82 Å². The van der Waals surface area contributed by atoms with Gasteiger partial charge in [0.05, 0.1) is 5.69 Å². The van der Waals surface area contributed by atoms with Gasteiger partial charge in [0.25, 0.3) is 0 Å². The number of anilines is 1. The van der Waals surface area contributed by atoms with E-state index in [9.17, 15) is 9.50 Å². The van der Waals surface area contributed by atoms with Crippen LogP contribution in [0.4, 0.5) is 10.1 Å². The van der Waals surface area contributed by atoms with Gasteiger partial charge in [0.15, 0.2) is 0 Å². The number of hydrogen-bond acceptors (Lipinski definition) is 3. The zero-order valence-corrected chi connectivity index (χ0v) is 13.8. The Kier molecular flexibility index (Phi) is 4.64. The lowest BCUT2D eigenvalue weighted by atomic mass is 10.1. The molecule has 1 aliphatic rings. The summed E-state index contributed by atoms with van der Waals surface area (Å²) in [5.41, 5.74) is 1.58. The summed E-state index contributed by atoms with van der Waals surface area (Å²) in [5, 5.41) is 9.92. The van der Waals surface area contributed by atoms with Gasteiger partial charge in [-0.05, 0) is 30.3 Å². The summed E-state index contributed by atoms with van der Waals surface area (Å²) in [4.78, 5) is 4.35. The van der Waals surface area contributed by atoms with Crippen molar-refractivity contribution in [2.45, 2.75) is 6.54 Å². The average Bonchev–Trinajstić information content (AvgIpc) is 2.52. The van der Waals surface area contributed by atoms with Crippen molar-refractivity contribution in [1.29, 1.82) is 0 Å². The standard InChI is InChI=1S/C17H18BrFN2O/c18-14-5-6-17(22)13(11-14)12-20-7-9-21(10-8-20)16-4-2-1-3-15(16)19/h1-6,11,22H,7-10,12H2. The molecule has 3 nitrogen and oxygen atoms in total. The van der Waals surface area contributed by atoms with E-state index in [1.165, 1.54) is 6.07 Å². The minimum Gasteiger partial charge on any atom is -0.508 e. The first-order chi connectivity index (χ1) is 10.6. The van der Waals surface area contributed by atoms with E-state index in [-0.39, 0.29) is 5.82 Å². The van der Waals surface area contributed by atoms with Crippen LogP contribution in [-0.2, 0) is 6.54 Å². The van der Waals surface area contributed by atoms with Crippen molar-refractivity contribution in [1.82, 2.24) is 4.90 Å². The highest BCUT2D eigenvalue weighted by Crippen LogP contribution is 2.25. The van der Waals surface area contributed by atoms with Crippen molar-refractivity contribution in [3.05, 3.63) is 58.3 Å². The average molecular weight is 365 g/mol. The number of rotatable bonds is 3. The molecule has 0 atom stereocenters. The van der Waals surface area contributed by atoms with E-state index in [2.05, 4.69) is 25.7 Å². The van der Waals surface area contributed by atoms with Crippen molar-refractivity contribution < 1.29 is 9.50 Å². The number of piperazine rings is 1. The van der Waals surface area contributed by atoms with Gasteiger partial charge in [0.2, 0.25) is 0 Å². The zero-order chi connectivity index (χ0) is 15.5. The van der Waals surface area contributed by atoms with Crippen LogP contribution in [0.15, 0.2) is 46.9 Å². The predicted octanol–water partition coefficient (Wildman–Crippen LogP) is 3.62. The second-order valence-electron chi connectivity index (χ2n) is 5.49. The smallest absolute Gasteiger partial charge is 0.146 e. The monoisotopic (exact) mass is 364 g/mol. The third kappa shape index (κ3) is 3.42. The molecule has 5 heteroatoms. The lowest BCUT2D eigenvalue weighted by Crippen LogP contribution is -2.46. The molecule has 1 fully saturated rings. The number of phenols is 1. The maximum Gasteiger partial charge on any atom is 0.146 e. The summed E-state index contributed by atoms with van der Waals surface area (Å²) in [7, 11) is 0. The van der Waals surface area contributed by atoms with Crippen molar-refractivity contribution in [2.75, 3.05) is 31.1 Å². The molecular formula is C17H18BrFN2O. The summed E-state index contributed by atoms with van der Waals surface area (Å²) in [6.45, 7) is 3.97. The molecule has 2 aromatic rings. The molecular weight excluding hydrogens is 347 g/mol. The fraction of sp³-hybridized carbons (Fsp3) is 0.294. The first-order valence-electron chi connectivity index (χ1n) is 7.33. The molecule has 116 valence electrons. The Morgan fingerprint density at radius 3 is 2.50 bits per heavy atom. The molecule has 0 bridgehead atoms. The van der Waals surface area contributed by atoms with Gasteiger partial charge >= 0.3 is 0 Å². The van der Waals surface area contributed by atoms with Gasteiger partial charge in [0, 0.05) is 42.8 Å². The van der Waals surface area contributed by atoms with Crippen LogP contribution < -0.4 is 4.90 Å². The van der Waals surface area contributed by atoms with Crippen molar-refractivity contribution in [3.8, 4) is 5.75 Å². The SMILES string of the molecule is Oc1ccc(Br)cc1CN1CCN(c2ccccc2F)CC1. The molecule has 0 aromatic heterocycles. The third-order valence-electron chi connectivity index (χ3n) is 4.00. The van der Waals surface area contributed by atoms with Crippen LogP contribution in [0.2, 0.25) is 0 Å². The zero-order valence-electron chi connectivity index (χ0n) is 12.2. The third-order valence-corrected chi connectivity index (χ3v) is 4.49. The lowest BCUT2D eigenvalue weighted by Gasteiger charge is -2.36. The van der Waals surface area contributed by atoms with Gasteiger partial charge in [-0.2, -0.15) is 0 Å². The maximum atomic E-state index is 13.8. The Balaban J connectivity index is 1.62. The van der Waals surface area contributed by atoms with Gasteiger partial charge in [0.1, 0.15) is 11.6 Å². The fourth-order valence-corrected chi connectivity index (χ4v) is 3.19. The van der Waals surface area contributed by atoms with E-state index in [0.717, 1.165) is 36.2 Å². The van der Waals surface area contributed by atoms with Gasteiger partial charge in [-0.25, -0.2) is 4.39 Å². The molecule has 0 amide bonds. The molecule has 0 radical (unpaired) electrons. The highest BCUT2D eigenvalue weighted by molar-refractivity contribution is 9.10. The second-order valence-corrected chi connectivity index (χ2v) is 6.40. The largest absolute Gasteiger partial charge is 0.508 e. The number of nitrogens with zero attached hydrogens (tertiary/aromatic N) is 2. The Hall–Kier alpha value is -1.59. The lowest BCUT2D eigenvalue weighted by molar-refractivity contribution is 0.246. The molecule has 0 unspecified atom stereocenters. The van der Waals surface area contributed by atoms with Gasteiger partial charge < -0.3 is 10.0 Å². The van der Waals surface area contributed by atoms with E-state index in [4.69, 9.17) is 0 Å². The van der Waals surface area contributed by atoms with Crippen molar-refractivity contribution in [3.63, 3.8) is 0 Å². The highest BCUT2D eigenvalue weighted by atomic mass is 79.9. The van der Waals surface area contributed by atoms with E-state index < -0.39 is 0 Å². The predicted molar refractivity (Wildman–Crippen MR) is 89.7 cm³/mol.